The predicted molar refractivity (Wildman–Crippen MR) is 54.5 cm³/mol. The fraction of sp³-hybridized carbons (Fsp3) is 0.400. The zero-order valence-electron chi connectivity index (χ0n) is 8.21. The van der Waals surface area contributed by atoms with Gasteiger partial charge in [0.05, 0.1) is 16.9 Å². The molecule has 0 aromatic heterocycles. The third-order valence-corrected chi connectivity index (χ3v) is 5.40. The van der Waals surface area contributed by atoms with Gasteiger partial charge >= 0.3 is 0 Å². The molecular weight excluding hydrogens is 212 g/mol. The van der Waals surface area contributed by atoms with Crippen LogP contribution in [0.3, 0.4) is 0 Å². The van der Waals surface area contributed by atoms with E-state index in [2.05, 4.69) is 10.2 Å². The van der Waals surface area contributed by atoms with Crippen LogP contribution in [0.25, 0.3) is 0 Å². The van der Waals surface area contributed by atoms with Gasteiger partial charge < -0.3 is 0 Å². The van der Waals surface area contributed by atoms with Crippen molar-refractivity contribution in [1.82, 2.24) is 0 Å². The highest BCUT2D eigenvalue weighted by atomic mass is 32.2. The maximum Gasteiger partial charge on any atom is 0.204 e. The van der Waals surface area contributed by atoms with E-state index in [1.807, 2.05) is 19.1 Å². The molecule has 0 bridgehead atoms. The van der Waals surface area contributed by atoms with E-state index < -0.39 is 20.6 Å². The molecule has 0 fully saturated rings. The Labute approximate surface area is 88.0 Å². The molecule has 2 heterocycles. The zero-order valence-corrected chi connectivity index (χ0v) is 9.03. The Morgan fingerprint density at radius 1 is 1.40 bits per heavy atom. The van der Waals surface area contributed by atoms with E-state index in [0.717, 1.165) is 5.56 Å². The summed E-state index contributed by atoms with van der Waals surface area (Å²) in [7, 11) is -3.30. The molecule has 2 aliphatic rings. The number of hydrogen-bond acceptors (Lipinski definition) is 4. The predicted octanol–water partition coefficient (Wildman–Crippen LogP) is 1.52. The van der Waals surface area contributed by atoms with Crippen molar-refractivity contribution in [3.8, 4) is 0 Å². The van der Waals surface area contributed by atoms with E-state index in [-0.39, 0.29) is 0 Å². The number of rotatable bonds is 0. The Bertz CT molecular complexity index is 565. The van der Waals surface area contributed by atoms with E-state index in [9.17, 15) is 8.42 Å². The SMILES string of the molecule is CC12CN=NC1S(=O)(=O)c1ccccc12. The molecule has 5 heteroatoms. The van der Waals surface area contributed by atoms with E-state index in [1.54, 1.807) is 12.1 Å². The maximum absolute atomic E-state index is 12.1. The summed E-state index contributed by atoms with van der Waals surface area (Å²) in [6.45, 7) is 2.38. The molecule has 0 aliphatic carbocycles. The first kappa shape index (κ1) is 9.03. The van der Waals surface area contributed by atoms with Crippen molar-refractivity contribution < 1.29 is 8.42 Å². The normalized spacial score (nSPS) is 35.1. The summed E-state index contributed by atoms with van der Waals surface area (Å²) in [6.07, 6.45) is 0. The van der Waals surface area contributed by atoms with Crippen LogP contribution in [0.15, 0.2) is 39.4 Å². The van der Waals surface area contributed by atoms with Crippen molar-refractivity contribution in [3.63, 3.8) is 0 Å². The molecule has 2 aliphatic heterocycles. The lowest BCUT2D eigenvalue weighted by molar-refractivity contribution is 0.509. The van der Waals surface area contributed by atoms with Crippen molar-refractivity contribution >= 4 is 9.84 Å². The Morgan fingerprint density at radius 3 is 2.93 bits per heavy atom. The Kier molecular flexibility index (Phi) is 1.49. The van der Waals surface area contributed by atoms with Crippen LogP contribution < -0.4 is 0 Å². The van der Waals surface area contributed by atoms with Crippen LogP contribution in [0.4, 0.5) is 0 Å². The van der Waals surface area contributed by atoms with Gasteiger partial charge in [-0.05, 0) is 11.6 Å². The van der Waals surface area contributed by atoms with Crippen molar-refractivity contribution in [2.24, 2.45) is 10.2 Å². The molecule has 78 valence electrons. The molecule has 0 saturated carbocycles. The van der Waals surface area contributed by atoms with Gasteiger partial charge in [0.25, 0.3) is 0 Å². The van der Waals surface area contributed by atoms with Crippen LogP contribution in [-0.2, 0) is 15.3 Å². The summed E-state index contributed by atoms with van der Waals surface area (Å²) in [4.78, 5) is 0.427. The fourth-order valence-corrected chi connectivity index (χ4v) is 4.59. The fourth-order valence-electron chi connectivity index (χ4n) is 2.40. The second-order valence-corrected chi connectivity index (χ2v) is 6.20. The summed E-state index contributed by atoms with van der Waals surface area (Å²) < 4.78 is 24.2. The van der Waals surface area contributed by atoms with Gasteiger partial charge in [-0.3, -0.25) is 0 Å². The highest BCUT2D eigenvalue weighted by molar-refractivity contribution is 7.92. The van der Waals surface area contributed by atoms with Crippen molar-refractivity contribution in [2.75, 3.05) is 6.54 Å². The average molecular weight is 222 g/mol. The van der Waals surface area contributed by atoms with Gasteiger partial charge in [0.2, 0.25) is 9.84 Å². The molecule has 0 radical (unpaired) electrons. The van der Waals surface area contributed by atoms with Crippen LogP contribution >= 0.6 is 0 Å². The standard InChI is InChI=1S/C10H10N2O2S/c1-10-6-11-12-9(10)15(13,14)8-5-3-2-4-7(8)10/h2-5,9H,6H2,1H3. The number of nitrogens with zero attached hydrogens (tertiary/aromatic N) is 2. The summed E-state index contributed by atoms with van der Waals surface area (Å²) in [5, 5.41) is 7.05. The molecular formula is C10H10N2O2S. The second kappa shape index (κ2) is 2.47. The van der Waals surface area contributed by atoms with Crippen LogP contribution in [0.1, 0.15) is 12.5 Å². The summed E-state index contributed by atoms with van der Waals surface area (Å²) in [5.74, 6) is 0. The number of benzene rings is 1. The Balaban J connectivity index is 2.40. The summed E-state index contributed by atoms with van der Waals surface area (Å²) in [5.41, 5.74) is 0.412. The van der Waals surface area contributed by atoms with Crippen LogP contribution in [0.2, 0.25) is 0 Å². The van der Waals surface area contributed by atoms with E-state index >= 15 is 0 Å². The topological polar surface area (TPSA) is 58.9 Å². The molecule has 2 atom stereocenters. The minimum Gasteiger partial charge on any atom is -0.221 e. The van der Waals surface area contributed by atoms with Crippen LogP contribution in [0.5, 0.6) is 0 Å². The van der Waals surface area contributed by atoms with Crippen LogP contribution in [-0.4, -0.2) is 20.3 Å². The van der Waals surface area contributed by atoms with Gasteiger partial charge in [-0.2, -0.15) is 10.2 Å². The molecule has 3 rings (SSSR count). The average Bonchev–Trinajstić information content (AvgIpc) is 2.68. The summed E-state index contributed by atoms with van der Waals surface area (Å²) >= 11 is 0. The van der Waals surface area contributed by atoms with Gasteiger partial charge in [-0.25, -0.2) is 8.42 Å². The minimum atomic E-state index is -3.30. The monoisotopic (exact) mass is 222 g/mol. The Hall–Kier alpha value is -1.23. The first-order valence-electron chi connectivity index (χ1n) is 4.77. The number of fused-ring (bicyclic) bond motifs is 3. The van der Waals surface area contributed by atoms with Gasteiger partial charge in [0.1, 0.15) is 0 Å². The lowest BCUT2D eigenvalue weighted by Gasteiger charge is -2.19. The number of azo groups is 1. The minimum absolute atomic E-state index is 0.427. The van der Waals surface area contributed by atoms with Gasteiger partial charge in [0, 0.05) is 0 Å². The molecule has 2 unspecified atom stereocenters. The highest BCUT2D eigenvalue weighted by Crippen LogP contribution is 2.48. The molecule has 1 aromatic carbocycles. The Morgan fingerprint density at radius 2 is 2.13 bits per heavy atom. The smallest absolute Gasteiger partial charge is 0.204 e. The van der Waals surface area contributed by atoms with E-state index in [4.69, 9.17) is 0 Å². The first-order valence-corrected chi connectivity index (χ1v) is 6.31. The lowest BCUT2D eigenvalue weighted by atomic mass is 9.83. The molecule has 15 heavy (non-hydrogen) atoms. The first-order chi connectivity index (χ1) is 7.07. The third-order valence-electron chi connectivity index (χ3n) is 3.23. The third kappa shape index (κ3) is 0.891. The highest BCUT2D eigenvalue weighted by Gasteiger charge is 2.56. The quantitative estimate of drug-likeness (QED) is 0.668. The molecule has 0 saturated heterocycles. The molecule has 0 spiro atoms. The van der Waals surface area contributed by atoms with Gasteiger partial charge in [-0.15, -0.1) is 0 Å². The van der Waals surface area contributed by atoms with E-state index in [1.165, 1.54) is 0 Å². The zero-order chi connectivity index (χ0) is 10.7. The molecule has 0 N–H and O–H groups in total. The van der Waals surface area contributed by atoms with Crippen molar-refractivity contribution in [1.29, 1.82) is 0 Å². The summed E-state index contributed by atoms with van der Waals surface area (Å²) in [6, 6.07) is 7.13. The van der Waals surface area contributed by atoms with Crippen molar-refractivity contribution in [3.05, 3.63) is 29.8 Å². The number of hydrogen-bond donors (Lipinski definition) is 0. The molecule has 0 amide bonds. The second-order valence-electron chi connectivity index (χ2n) is 4.23. The van der Waals surface area contributed by atoms with Gasteiger partial charge in [0.15, 0.2) is 5.37 Å². The number of sulfone groups is 1. The van der Waals surface area contributed by atoms with Crippen molar-refractivity contribution in [2.45, 2.75) is 22.6 Å². The van der Waals surface area contributed by atoms with Gasteiger partial charge in [-0.1, -0.05) is 25.1 Å². The maximum atomic E-state index is 12.1. The van der Waals surface area contributed by atoms with E-state index in [0.29, 0.717) is 11.4 Å². The largest absolute Gasteiger partial charge is 0.221 e. The molecule has 1 aromatic rings. The van der Waals surface area contributed by atoms with Crippen LogP contribution in [0, 0.1) is 0 Å². The lowest BCUT2D eigenvalue weighted by Crippen LogP contribution is -2.32. The molecule has 4 nitrogen and oxygen atoms in total.